The first-order chi connectivity index (χ1) is 13.3. The van der Waals surface area contributed by atoms with Crippen molar-refractivity contribution in [1.29, 1.82) is 0 Å². The smallest absolute Gasteiger partial charge is 0.338 e. The number of carbonyl (C=O) groups excluding carboxylic acids is 3. The Morgan fingerprint density at radius 1 is 1.11 bits per heavy atom. The summed E-state index contributed by atoms with van der Waals surface area (Å²) in [7, 11) is 1.37. The van der Waals surface area contributed by atoms with E-state index in [0.29, 0.717) is 5.02 Å². The Labute approximate surface area is 163 Å². The Morgan fingerprint density at radius 3 is 2.39 bits per heavy atom. The van der Waals surface area contributed by atoms with Gasteiger partial charge < -0.3 is 9.47 Å². The average molecular weight is 408 g/mol. The Morgan fingerprint density at radius 2 is 1.79 bits per heavy atom. The van der Waals surface area contributed by atoms with Crippen LogP contribution in [-0.4, -0.2) is 36.4 Å². The number of ether oxygens (including phenoxy) is 2. The molecule has 2 aromatic rings. The summed E-state index contributed by atoms with van der Waals surface area (Å²) in [5.41, 5.74) is 4.16. The van der Waals surface area contributed by atoms with Crippen molar-refractivity contribution in [1.82, 2.24) is 10.9 Å². The molecule has 0 heterocycles. The summed E-state index contributed by atoms with van der Waals surface area (Å²) in [6.45, 7) is -0.678. The number of esters is 1. The maximum absolute atomic E-state index is 12.1. The third-order valence-corrected chi connectivity index (χ3v) is 3.60. The molecule has 0 aliphatic heterocycles. The van der Waals surface area contributed by atoms with Crippen LogP contribution in [0.5, 0.6) is 5.75 Å². The molecule has 0 aliphatic rings. The van der Waals surface area contributed by atoms with Crippen molar-refractivity contribution in [2.24, 2.45) is 0 Å². The zero-order valence-electron chi connectivity index (χ0n) is 14.4. The average Bonchev–Trinajstić information content (AvgIpc) is 2.70. The molecule has 0 bridgehead atoms. The van der Waals surface area contributed by atoms with E-state index < -0.39 is 29.3 Å². The predicted molar refractivity (Wildman–Crippen MR) is 97.0 cm³/mol. The molecule has 0 saturated heterocycles. The number of nitro benzene ring substituents is 1. The van der Waals surface area contributed by atoms with Crippen LogP contribution in [0.1, 0.15) is 20.7 Å². The number of hydrogen-bond donors (Lipinski definition) is 2. The zero-order valence-corrected chi connectivity index (χ0v) is 15.2. The van der Waals surface area contributed by atoms with Crippen molar-refractivity contribution in [3.8, 4) is 5.75 Å². The summed E-state index contributed by atoms with van der Waals surface area (Å²) in [6, 6.07) is 9.05. The second-order valence-electron chi connectivity index (χ2n) is 5.23. The summed E-state index contributed by atoms with van der Waals surface area (Å²) in [4.78, 5) is 45.6. The Kier molecular flexibility index (Phi) is 6.88. The van der Waals surface area contributed by atoms with Crippen LogP contribution in [0.3, 0.4) is 0 Å². The van der Waals surface area contributed by atoms with Gasteiger partial charge in [-0.3, -0.25) is 30.6 Å². The van der Waals surface area contributed by atoms with Crippen LogP contribution in [0.25, 0.3) is 0 Å². The van der Waals surface area contributed by atoms with Crippen LogP contribution in [-0.2, 0) is 9.53 Å². The van der Waals surface area contributed by atoms with Gasteiger partial charge in [0.05, 0.1) is 23.2 Å². The van der Waals surface area contributed by atoms with E-state index >= 15 is 0 Å². The fraction of sp³-hybridized carbons (Fsp3) is 0.118. The number of amides is 2. The molecule has 0 spiro atoms. The van der Waals surface area contributed by atoms with E-state index in [-0.39, 0.29) is 22.6 Å². The number of non-ortho nitro benzene ring substituents is 1. The molecule has 0 fully saturated rings. The number of nitro groups is 1. The van der Waals surface area contributed by atoms with Gasteiger partial charge in [0.25, 0.3) is 17.5 Å². The minimum atomic E-state index is -0.854. The molecule has 0 aromatic heterocycles. The standard InChI is InChI=1S/C17H14ClN3O7/c1-27-14-7-4-11(18)8-13(14)16(23)20-19-15(22)9-28-17(24)10-2-5-12(6-3-10)21(25)26/h2-8H,9H2,1H3,(H,19,22)(H,20,23). The lowest BCUT2D eigenvalue weighted by molar-refractivity contribution is -0.384. The number of nitrogens with one attached hydrogen (secondary N) is 2. The van der Waals surface area contributed by atoms with Crippen molar-refractivity contribution in [3.05, 3.63) is 68.7 Å². The number of carbonyl (C=O) groups is 3. The van der Waals surface area contributed by atoms with E-state index in [1.54, 1.807) is 0 Å². The SMILES string of the molecule is COc1ccc(Cl)cc1C(=O)NNC(=O)COC(=O)c1ccc([N+](=O)[O-])cc1. The molecule has 146 valence electrons. The van der Waals surface area contributed by atoms with Crippen LogP contribution in [0.15, 0.2) is 42.5 Å². The van der Waals surface area contributed by atoms with Crippen molar-refractivity contribution in [2.75, 3.05) is 13.7 Å². The van der Waals surface area contributed by atoms with Crippen LogP contribution < -0.4 is 15.6 Å². The third kappa shape index (κ3) is 5.42. The first-order valence-corrected chi connectivity index (χ1v) is 8.04. The molecule has 0 radical (unpaired) electrons. The van der Waals surface area contributed by atoms with Gasteiger partial charge in [0.15, 0.2) is 6.61 Å². The van der Waals surface area contributed by atoms with Gasteiger partial charge in [-0.05, 0) is 30.3 Å². The first-order valence-electron chi connectivity index (χ1n) is 7.66. The van der Waals surface area contributed by atoms with Gasteiger partial charge in [-0.25, -0.2) is 4.79 Å². The largest absolute Gasteiger partial charge is 0.496 e. The van der Waals surface area contributed by atoms with Crippen molar-refractivity contribution >= 4 is 35.1 Å². The number of nitrogens with zero attached hydrogens (tertiary/aromatic N) is 1. The molecule has 11 heteroatoms. The number of benzene rings is 2. The van der Waals surface area contributed by atoms with Gasteiger partial charge in [-0.15, -0.1) is 0 Å². The summed E-state index contributed by atoms with van der Waals surface area (Å²) in [5.74, 6) is -2.09. The molecule has 2 rings (SSSR count). The fourth-order valence-corrected chi connectivity index (χ4v) is 2.19. The highest BCUT2D eigenvalue weighted by Gasteiger charge is 2.15. The normalized spacial score (nSPS) is 9.93. The Hall–Kier alpha value is -3.66. The molecule has 2 amide bonds. The van der Waals surface area contributed by atoms with E-state index in [1.807, 2.05) is 0 Å². The molecular weight excluding hydrogens is 394 g/mol. The molecule has 0 atom stereocenters. The monoisotopic (exact) mass is 407 g/mol. The lowest BCUT2D eigenvalue weighted by Crippen LogP contribution is -2.43. The van der Waals surface area contributed by atoms with E-state index in [0.717, 1.165) is 12.1 Å². The van der Waals surface area contributed by atoms with E-state index in [2.05, 4.69) is 10.9 Å². The fourth-order valence-electron chi connectivity index (χ4n) is 2.02. The predicted octanol–water partition coefficient (Wildman–Crippen LogP) is 1.87. The van der Waals surface area contributed by atoms with Crippen molar-refractivity contribution in [3.63, 3.8) is 0 Å². The van der Waals surface area contributed by atoms with E-state index in [4.69, 9.17) is 21.1 Å². The van der Waals surface area contributed by atoms with Crippen LogP contribution in [0.4, 0.5) is 5.69 Å². The first kappa shape index (κ1) is 20.6. The van der Waals surface area contributed by atoms with E-state index in [9.17, 15) is 24.5 Å². The van der Waals surface area contributed by atoms with Gasteiger partial charge in [0, 0.05) is 17.2 Å². The van der Waals surface area contributed by atoms with Gasteiger partial charge in [0.1, 0.15) is 5.75 Å². The van der Waals surface area contributed by atoms with Crippen LogP contribution in [0.2, 0.25) is 5.02 Å². The molecule has 0 aliphatic carbocycles. The number of hydrazine groups is 1. The topological polar surface area (TPSA) is 137 Å². The van der Waals surface area contributed by atoms with Gasteiger partial charge in [0.2, 0.25) is 0 Å². The second kappa shape index (κ2) is 9.33. The van der Waals surface area contributed by atoms with Crippen LogP contribution in [0, 0.1) is 10.1 Å². The maximum Gasteiger partial charge on any atom is 0.338 e. The molecule has 2 aromatic carbocycles. The van der Waals surface area contributed by atoms with Crippen LogP contribution >= 0.6 is 11.6 Å². The number of rotatable bonds is 6. The summed E-state index contributed by atoms with van der Waals surface area (Å²) >= 11 is 5.83. The summed E-state index contributed by atoms with van der Waals surface area (Å²) < 4.78 is 9.81. The summed E-state index contributed by atoms with van der Waals surface area (Å²) in [5, 5.41) is 10.9. The highest BCUT2D eigenvalue weighted by molar-refractivity contribution is 6.31. The van der Waals surface area contributed by atoms with Crippen molar-refractivity contribution in [2.45, 2.75) is 0 Å². The summed E-state index contributed by atoms with van der Waals surface area (Å²) in [6.07, 6.45) is 0. The van der Waals surface area contributed by atoms with Gasteiger partial charge >= 0.3 is 5.97 Å². The third-order valence-electron chi connectivity index (χ3n) is 3.37. The molecule has 0 unspecified atom stereocenters. The molecule has 2 N–H and O–H groups in total. The Balaban J connectivity index is 1.85. The lowest BCUT2D eigenvalue weighted by atomic mass is 10.2. The quantitative estimate of drug-likeness (QED) is 0.423. The minimum absolute atomic E-state index is 0.0334. The second-order valence-corrected chi connectivity index (χ2v) is 5.66. The number of hydrogen-bond acceptors (Lipinski definition) is 7. The number of methoxy groups -OCH3 is 1. The molecular formula is C17H14ClN3O7. The van der Waals surface area contributed by atoms with Gasteiger partial charge in [-0.2, -0.15) is 0 Å². The van der Waals surface area contributed by atoms with Crippen molar-refractivity contribution < 1.29 is 28.8 Å². The number of halogens is 1. The lowest BCUT2D eigenvalue weighted by Gasteiger charge is -2.11. The highest BCUT2D eigenvalue weighted by atomic mass is 35.5. The molecule has 28 heavy (non-hydrogen) atoms. The van der Waals surface area contributed by atoms with E-state index in [1.165, 1.54) is 37.4 Å². The maximum atomic E-state index is 12.1. The Bertz CT molecular complexity index is 915. The zero-order chi connectivity index (χ0) is 20.7. The van der Waals surface area contributed by atoms with Gasteiger partial charge in [-0.1, -0.05) is 11.6 Å². The molecule has 0 saturated carbocycles. The molecule has 10 nitrogen and oxygen atoms in total. The highest BCUT2D eigenvalue weighted by Crippen LogP contribution is 2.22. The minimum Gasteiger partial charge on any atom is -0.496 e.